The van der Waals surface area contributed by atoms with Gasteiger partial charge in [-0.3, -0.25) is 0 Å². The molecule has 0 N–H and O–H groups in total. The molecule has 0 bridgehead atoms. The predicted molar refractivity (Wildman–Crippen MR) is 261 cm³/mol. The van der Waals surface area contributed by atoms with Crippen LogP contribution in [-0.4, -0.2) is 14.0 Å². The molecule has 4 aliphatic heterocycles. The third kappa shape index (κ3) is 5.01. The summed E-state index contributed by atoms with van der Waals surface area (Å²) in [6.45, 7) is -0.375. The summed E-state index contributed by atoms with van der Waals surface area (Å²) in [7, 11) is 0. The van der Waals surface area contributed by atoms with Crippen LogP contribution in [0.1, 0.15) is 0 Å². The van der Waals surface area contributed by atoms with Gasteiger partial charge in [-0.25, -0.2) is 0 Å². The zero-order chi connectivity index (χ0) is 40.7. The first-order valence-electron chi connectivity index (χ1n) is 21.3. The van der Waals surface area contributed by atoms with Crippen LogP contribution in [0.25, 0.3) is 0 Å². The summed E-state index contributed by atoms with van der Waals surface area (Å²) < 4.78 is 0. The molecule has 290 valence electrons. The second kappa shape index (κ2) is 13.7. The van der Waals surface area contributed by atoms with E-state index in [4.69, 9.17) is 0 Å². The van der Waals surface area contributed by atoms with Gasteiger partial charge in [-0.2, -0.15) is 0 Å². The fourth-order valence-electron chi connectivity index (χ4n) is 10.4. The summed E-state index contributed by atoms with van der Waals surface area (Å²) in [6, 6.07) is 84.1. The molecule has 0 spiro atoms. The number of hydrogen-bond donors (Lipinski definition) is 0. The summed E-state index contributed by atoms with van der Waals surface area (Å²) in [5, 5.41) is 0. The van der Waals surface area contributed by atoms with Crippen LogP contribution in [0.5, 0.6) is 0 Å². The molecule has 4 aliphatic rings. The van der Waals surface area contributed by atoms with Crippen LogP contribution in [0.15, 0.2) is 231 Å². The van der Waals surface area contributed by atoms with Crippen molar-refractivity contribution in [2.75, 3.05) is 29.0 Å². The zero-order valence-electron chi connectivity index (χ0n) is 33.8. The third-order valence-electron chi connectivity index (χ3n) is 12.9. The lowest BCUT2D eigenvalue weighted by atomic mass is 9.63. The summed E-state index contributed by atoms with van der Waals surface area (Å²) in [5.41, 5.74) is 18.4. The molecule has 6 nitrogen and oxygen atoms in total. The number of fused-ring (bicyclic) bond motifs is 14. The fraction of sp³-hybridized carbons (Fsp3) is 0. The van der Waals surface area contributed by atoms with E-state index in [1.807, 2.05) is 0 Å². The highest BCUT2D eigenvalue weighted by atomic mass is 15.4. The molecule has 0 unspecified atom stereocenters. The maximum atomic E-state index is 2.59. The van der Waals surface area contributed by atoms with Crippen LogP contribution in [0.2, 0.25) is 0 Å². The summed E-state index contributed by atoms with van der Waals surface area (Å²) in [5.74, 6) is 0. The molecule has 0 radical (unpaired) electrons. The Morgan fingerprint density at radius 3 is 0.855 bits per heavy atom. The van der Waals surface area contributed by atoms with Crippen molar-refractivity contribution < 1.29 is 0 Å². The molecule has 13 rings (SSSR count). The Balaban J connectivity index is 1.12. The van der Waals surface area contributed by atoms with E-state index in [-0.39, 0.29) is 14.0 Å². The third-order valence-corrected chi connectivity index (χ3v) is 12.9. The SMILES string of the molecule is c1ccc(N2B3c4ccccc4N(c4ccccc4)c4ccccc4N3c3cc4c(cc32)N2B(c3ccccc3N(c3ccccc3)c3ccccc32)N4c2ccccc2)cc1. The average molecular weight is 793 g/mol. The summed E-state index contributed by atoms with van der Waals surface area (Å²) >= 11 is 0. The van der Waals surface area contributed by atoms with E-state index in [1.54, 1.807) is 0 Å². The number of nitrogens with zero attached hydrogens (tertiary/aromatic N) is 6. The molecule has 0 saturated heterocycles. The maximum Gasteiger partial charge on any atom is 0.422 e. The maximum absolute atomic E-state index is 2.59. The number of anilines is 14. The summed E-state index contributed by atoms with van der Waals surface area (Å²) in [4.78, 5) is 15.2. The first-order chi connectivity index (χ1) is 30.8. The van der Waals surface area contributed by atoms with Crippen LogP contribution < -0.4 is 40.0 Å². The standard InChI is InChI=1S/C54H38B2N6/c1-5-21-39(22-6-1)57-45-31-15-13-29-43(45)55-59(41-25-9-3-10-26-41)51-38-54-52(37-53(51)61(55)49-35-19-17-33-47(49)57)60(42-27-11-4-12-28-42)56-44-30-14-16-32-46(44)58(40-23-7-2-8-24-40)48-34-18-20-36-50(48)62(54)56/h1-38H. The molecular formula is C54H38B2N6. The minimum absolute atomic E-state index is 0.187. The van der Waals surface area contributed by atoms with Gasteiger partial charge in [0.1, 0.15) is 0 Å². The molecule has 0 aromatic heterocycles. The topological polar surface area (TPSA) is 19.4 Å². The van der Waals surface area contributed by atoms with Crippen LogP contribution in [0.3, 0.4) is 0 Å². The van der Waals surface area contributed by atoms with Gasteiger partial charge in [0.25, 0.3) is 0 Å². The van der Waals surface area contributed by atoms with Gasteiger partial charge in [-0.1, -0.05) is 133 Å². The highest BCUT2D eigenvalue weighted by Gasteiger charge is 2.53. The Hall–Kier alpha value is -8.09. The molecule has 4 heterocycles. The summed E-state index contributed by atoms with van der Waals surface area (Å²) in [6.07, 6.45) is 0. The lowest BCUT2D eigenvalue weighted by Crippen LogP contribution is -2.53. The minimum atomic E-state index is -0.187. The Morgan fingerprint density at radius 2 is 0.484 bits per heavy atom. The van der Waals surface area contributed by atoms with Crippen molar-refractivity contribution >= 4 is 105 Å². The van der Waals surface area contributed by atoms with E-state index in [2.05, 4.69) is 260 Å². The van der Waals surface area contributed by atoms with Crippen LogP contribution >= 0.6 is 0 Å². The lowest BCUT2D eigenvalue weighted by molar-refractivity contribution is 1.28. The molecule has 9 aromatic carbocycles. The van der Waals surface area contributed by atoms with Crippen molar-refractivity contribution in [1.29, 1.82) is 0 Å². The quantitative estimate of drug-likeness (QED) is 0.164. The van der Waals surface area contributed by atoms with Crippen LogP contribution in [-0.2, 0) is 0 Å². The number of para-hydroxylation sites is 10. The van der Waals surface area contributed by atoms with E-state index < -0.39 is 0 Å². The van der Waals surface area contributed by atoms with E-state index in [1.165, 1.54) is 10.9 Å². The van der Waals surface area contributed by atoms with Gasteiger partial charge in [0.15, 0.2) is 0 Å². The minimum Gasteiger partial charge on any atom is -0.360 e. The van der Waals surface area contributed by atoms with E-state index >= 15 is 0 Å². The van der Waals surface area contributed by atoms with Gasteiger partial charge in [0.05, 0.1) is 45.5 Å². The largest absolute Gasteiger partial charge is 0.422 e. The predicted octanol–water partition coefficient (Wildman–Crippen LogP) is 12.6. The highest BCUT2D eigenvalue weighted by Crippen LogP contribution is 2.59. The Kier molecular flexibility index (Phi) is 7.69. The van der Waals surface area contributed by atoms with Crippen molar-refractivity contribution in [1.82, 2.24) is 0 Å². The van der Waals surface area contributed by atoms with Crippen molar-refractivity contribution in [2.24, 2.45) is 0 Å². The second-order valence-corrected chi connectivity index (χ2v) is 16.2. The van der Waals surface area contributed by atoms with Gasteiger partial charge in [-0.15, -0.1) is 0 Å². The van der Waals surface area contributed by atoms with Gasteiger partial charge >= 0.3 is 14.0 Å². The molecule has 0 saturated carbocycles. The first kappa shape index (κ1) is 34.7. The molecule has 0 aliphatic carbocycles. The highest BCUT2D eigenvalue weighted by molar-refractivity contribution is 6.87. The second-order valence-electron chi connectivity index (χ2n) is 16.2. The lowest BCUT2D eigenvalue weighted by Gasteiger charge is -2.30. The smallest absolute Gasteiger partial charge is 0.360 e. The Labute approximate surface area is 362 Å². The van der Waals surface area contributed by atoms with Crippen LogP contribution in [0.4, 0.5) is 79.6 Å². The molecule has 62 heavy (non-hydrogen) atoms. The van der Waals surface area contributed by atoms with E-state index in [0.717, 1.165) is 79.6 Å². The molecule has 0 fully saturated rings. The molecule has 0 amide bonds. The van der Waals surface area contributed by atoms with Crippen molar-refractivity contribution in [3.63, 3.8) is 0 Å². The zero-order valence-corrected chi connectivity index (χ0v) is 33.8. The van der Waals surface area contributed by atoms with E-state index in [9.17, 15) is 0 Å². The number of benzene rings is 9. The average Bonchev–Trinajstić information content (AvgIpc) is 3.76. The monoisotopic (exact) mass is 792 g/mol. The van der Waals surface area contributed by atoms with Gasteiger partial charge in [-0.05, 0) is 108 Å². The van der Waals surface area contributed by atoms with E-state index in [0.29, 0.717) is 0 Å². The fourth-order valence-corrected chi connectivity index (χ4v) is 10.4. The van der Waals surface area contributed by atoms with Crippen molar-refractivity contribution in [2.45, 2.75) is 0 Å². The Morgan fingerprint density at radius 1 is 0.210 bits per heavy atom. The normalized spacial score (nSPS) is 14.2. The number of hydrogen-bond acceptors (Lipinski definition) is 6. The molecule has 0 atom stereocenters. The number of rotatable bonds is 4. The van der Waals surface area contributed by atoms with Gasteiger partial charge < -0.3 is 29.0 Å². The molecule has 8 heteroatoms. The van der Waals surface area contributed by atoms with Crippen molar-refractivity contribution in [3.05, 3.63) is 231 Å². The Bertz CT molecular complexity index is 2940. The molecule has 9 aromatic rings. The molecular weight excluding hydrogens is 754 g/mol. The van der Waals surface area contributed by atoms with Gasteiger partial charge in [0.2, 0.25) is 0 Å². The van der Waals surface area contributed by atoms with Crippen LogP contribution in [0, 0.1) is 0 Å². The first-order valence-corrected chi connectivity index (χ1v) is 21.3. The van der Waals surface area contributed by atoms with Gasteiger partial charge in [0, 0.05) is 34.1 Å². The van der Waals surface area contributed by atoms with Crippen molar-refractivity contribution in [3.8, 4) is 0 Å².